The summed E-state index contributed by atoms with van der Waals surface area (Å²) in [6.07, 6.45) is 3.07. The lowest BCUT2D eigenvalue weighted by molar-refractivity contribution is -0.130. The molecule has 0 saturated carbocycles. The van der Waals surface area contributed by atoms with E-state index in [4.69, 9.17) is 0 Å². The number of amides is 1. The van der Waals surface area contributed by atoms with E-state index < -0.39 is 0 Å². The van der Waals surface area contributed by atoms with Crippen LogP contribution in [0.25, 0.3) is 0 Å². The van der Waals surface area contributed by atoms with E-state index in [1.165, 1.54) is 13.0 Å². The predicted octanol–water partition coefficient (Wildman–Crippen LogP) is 1.71. The molecule has 16 heavy (non-hydrogen) atoms. The number of nitrogens with zero attached hydrogens (tertiary/aromatic N) is 2. The van der Waals surface area contributed by atoms with E-state index in [0.717, 1.165) is 43.7 Å². The third kappa shape index (κ3) is 2.59. The molecule has 2 rings (SSSR count). The van der Waals surface area contributed by atoms with Gasteiger partial charge in [0, 0.05) is 44.0 Å². The Labute approximate surface area is 106 Å². The highest BCUT2D eigenvalue weighted by molar-refractivity contribution is 9.09. The van der Waals surface area contributed by atoms with Crippen LogP contribution in [0.1, 0.15) is 26.2 Å². The quantitative estimate of drug-likeness (QED) is 0.736. The molecule has 0 aromatic carbocycles. The van der Waals surface area contributed by atoms with Crippen molar-refractivity contribution in [3.63, 3.8) is 0 Å². The number of rotatable bonds is 4. The lowest BCUT2D eigenvalue weighted by Crippen LogP contribution is -2.52. The van der Waals surface area contributed by atoms with Gasteiger partial charge in [0.15, 0.2) is 0 Å². The van der Waals surface area contributed by atoms with E-state index in [2.05, 4.69) is 32.7 Å². The van der Waals surface area contributed by atoms with Crippen LogP contribution in [0.3, 0.4) is 0 Å². The molecule has 2 aliphatic heterocycles. The monoisotopic (exact) mass is 288 g/mol. The van der Waals surface area contributed by atoms with E-state index >= 15 is 0 Å². The number of carbonyl (C=O) groups excluding carboxylic acids is 1. The average molecular weight is 289 g/mol. The fraction of sp³-hybridized carbons (Fsp3) is 0.917. The fourth-order valence-electron chi connectivity index (χ4n) is 2.75. The third-order valence-electron chi connectivity index (χ3n) is 3.89. The van der Waals surface area contributed by atoms with Crippen molar-refractivity contribution < 1.29 is 4.79 Å². The second kappa shape index (κ2) is 5.50. The number of piperazine rings is 1. The van der Waals surface area contributed by atoms with Crippen LogP contribution in [-0.4, -0.2) is 53.3 Å². The van der Waals surface area contributed by atoms with Gasteiger partial charge in [-0.2, -0.15) is 0 Å². The van der Waals surface area contributed by atoms with Crippen molar-refractivity contribution in [3.8, 4) is 0 Å². The van der Waals surface area contributed by atoms with Crippen LogP contribution in [-0.2, 0) is 4.79 Å². The molecule has 0 aliphatic carbocycles. The molecule has 2 aliphatic rings. The van der Waals surface area contributed by atoms with Gasteiger partial charge in [-0.1, -0.05) is 29.3 Å². The summed E-state index contributed by atoms with van der Waals surface area (Å²) in [5.41, 5.74) is 0. The molecule has 1 amide bonds. The maximum absolute atomic E-state index is 11.5. The molecule has 0 bridgehead atoms. The van der Waals surface area contributed by atoms with Gasteiger partial charge in [-0.25, -0.2) is 0 Å². The van der Waals surface area contributed by atoms with Crippen LogP contribution >= 0.6 is 15.9 Å². The van der Waals surface area contributed by atoms with Crippen LogP contribution < -0.4 is 0 Å². The molecule has 0 radical (unpaired) electrons. The Bertz CT molecular complexity index is 255. The first-order valence-corrected chi connectivity index (χ1v) is 7.44. The molecule has 0 N–H and O–H groups in total. The van der Waals surface area contributed by atoms with Crippen LogP contribution in [0.5, 0.6) is 0 Å². The molecule has 2 heterocycles. The first kappa shape index (κ1) is 12.4. The summed E-state index contributed by atoms with van der Waals surface area (Å²) in [5, 5.41) is 1.09. The topological polar surface area (TPSA) is 23.6 Å². The highest BCUT2D eigenvalue weighted by Crippen LogP contribution is 2.23. The van der Waals surface area contributed by atoms with Gasteiger partial charge in [0.1, 0.15) is 0 Å². The van der Waals surface area contributed by atoms with E-state index in [-0.39, 0.29) is 0 Å². The minimum Gasteiger partial charge on any atom is -0.337 e. The normalized spacial score (nSPS) is 28.2. The molecule has 2 fully saturated rings. The van der Waals surface area contributed by atoms with Crippen LogP contribution in [0, 0.1) is 5.92 Å². The Morgan fingerprint density at radius 1 is 1.50 bits per heavy atom. The van der Waals surface area contributed by atoms with Crippen molar-refractivity contribution in [1.29, 1.82) is 0 Å². The van der Waals surface area contributed by atoms with Crippen LogP contribution in [0.15, 0.2) is 0 Å². The number of alkyl halides is 1. The molecule has 4 heteroatoms. The van der Waals surface area contributed by atoms with Crippen molar-refractivity contribution in [3.05, 3.63) is 0 Å². The Hall–Kier alpha value is -0.0900. The molecule has 2 saturated heterocycles. The standard InChI is InChI=1S/C12H21BrN2O/c1-2-10(7-13)8-14-5-6-15-11(9-14)3-4-12(15)16/h10-11H,2-9H2,1H3. The Balaban J connectivity index is 1.84. The fourth-order valence-corrected chi connectivity index (χ4v) is 3.41. The molecule has 0 aromatic heterocycles. The molecule has 0 aromatic rings. The summed E-state index contributed by atoms with van der Waals surface area (Å²) >= 11 is 3.58. The number of fused-ring (bicyclic) bond motifs is 1. The van der Waals surface area contributed by atoms with Crippen molar-refractivity contribution in [2.45, 2.75) is 32.2 Å². The minimum atomic E-state index is 0.372. The number of carbonyl (C=O) groups is 1. The zero-order chi connectivity index (χ0) is 11.5. The van der Waals surface area contributed by atoms with Crippen molar-refractivity contribution in [1.82, 2.24) is 9.80 Å². The Kier molecular flexibility index (Phi) is 4.25. The molecule has 2 atom stereocenters. The highest BCUT2D eigenvalue weighted by atomic mass is 79.9. The van der Waals surface area contributed by atoms with E-state index in [1.807, 2.05) is 0 Å². The second-order valence-corrected chi connectivity index (χ2v) is 5.62. The zero-order valence-corrected chi connectivity index (χ0v) is 11.6. The summed E-state index contributed by atoms with van der Waals surface area (Å²) in [6.45, 7) is 6.53. The lowest BCUT2D eigenvalue weighted by atomic mass is 10.1. The smallest absolute Gasteiger partial charge is 0.222 e. The summed E-state index contributed by atoms with van der Waals surface area (Å²) in [4.78, 5) is 16.2. The first-order valence-electron chi connectivity index (χ1n) is 6.32. The summed E-state index contributed by atoms with van der Waals surface area (Å²) < 4.78 is 0. The lowest BCUT2D eigenvalue weighted by Gasteiger charge is -2.38. The van der Waals surface area contributed by atoms with Crippen molar-refractivity contribution in [2.24, 2.45) is 5.92 Å². The van der Waals surface area contributed by atoms with Crippen molar-refractivity contribution >= 4 is 21.8 Å². The Morgan fingerprint density at radius 2 is 2.31 bits per heavy atom. The number of hydrogen-bond acceptors (Lipinski definition) is 2. The summed E-state index contributed by atoms with van der Waals surface area (Å²) in [7, 11) is 0. The van der Waals surface area contributed by atoms with Crippen LogP contribution in [0.4, 0.5) is 0 Å². The molecular weight excluding hydrogens is 268 g/mol. The van der Waals surface area contributed by atoms with Gasteiger partial charge < -0.3 is 4.90 Å². The summed E-state index contributed by atoms with van der Waals surface area (Å²) in [5.74, 6) is 1.13. The zero-order valence-electron chi connectivity index (χ0n) is 9.99. The van der Waals surface area contributed by atoms with Gasteiger partial charge in [0.05, 0.1) is 0 Å². The summed E-state index contributed by atoms with van der Waals surface area (Å²) in [6, 6.07) is 0.508. The van der Waals surface area contributed by atoms with Crippen LogP contribution in [0.2, 0.25) is 0 Å². The Morgan fingerprint density at radius 3 is 3.00 bits per heavy atom. The van der Waals surface area contributed by atoms with Crippen molar-refractivity contribution in [2.75, 3.05) is 31.5 Å². The minimum absolute atomic E-state index is 0.372. The number of hydrogen-bond donors (Lipinski definition) is 0. The van der Waals surface area contributed by atoms with Gasteiger partial charge in [0.25, 0.3) is 0 Å². The van der Waals surface area contributed by atoms with Gasteiger partial charge >= 0.3 is 0 Å². The largest absolute Gasteiger partial charge is 0.337 e. The maximum Gasteiger partial charge on any atom is 0.222 e. The second-order valence-electron chi connectivity index (χ2n) is 4.97. The molecule has 3 nitrogen and oxygen atoms in total. The third-order valence-corrected chi connectivity index (χ3v) is 4.81. The van der Waals surface area contributed by atoms with Gasteiger partial charge in [-0.05, 0) is 12.3 Å². The molecular formula is C12H21BrN2O. The van der Waals surface area contributed by atoms with Gasteiger partial charge in [-0.3, -0.25) is 9.69 Å². The maximum atomic E-state index is 11.5. The molecule has 0 spiro atoms. The van der Waals surface area contributed by atoms with Gasteiger partial charge in [0.2, 0.25) is 5.91 Å². The average Bonchev–Trinajstić information content (AvgIpc) is 2.68. The highest BCUT2D eigenvalue weighted by Gasteiger charge is 2.35. The molecule has 92 valence electrons. The van der Waals surface area contributed by atoms with E-state index in [0.29, 0.717) is 11.9 Å². The predicted molar refractivity (Wildman–Crippen MR) is 68.8 cm³/mol. The van der Waals surface area contributed by atoms with E-state index in [9.17, 15) is 4.79 Å². The SMILES string of the molecule is CCC(CBr)CN1CCN2C(=O)CCC2C1. The van der Waals surface area contributed by atoms with Gasteiger partial charge in [-0.15, -0.1) is 0 Å². The number of halogens is 1. The molecule has 2 unspecified atom stereocenters. The first-order chi connectivity index (χ1) is 7.74. The van der Waals surface area contributed by atoms with E-state index in [1.54, 1.807) is 0 Å².